The zero-order valence-electron chi connectivity index (χ0n) is 24.8. The van der Waals surface area contributed by atoms with Crippen LogP contribution in [0.5, 0.6) is 5.75 Å². The molecule has 0 aliphatic carbocycles. The van der Waals surface area contributed by atoms with Gasteiger partial charge in [-0.1, -0.05) is 57.2 Å². The fraction of sp³-hybridized carbons (Fsp3) is 0.353. The first-order valence-electron chi connectivity index (χ1n) is 13.7. The molecular formula is C34H40N2O4. The summed E-state index contributed by atoms with van der Waals surface area (Å²) in [6.45, 7) is 15.1. The molecule has 0 saturated carbocycles. The van der Waals surface area contributed by atoms with Gasteiger partial charge < -0.3 is 19.4 Å². The summed E-state index contributed by atoms with van der Waals surface area (Å²) in [5.74, 6) is 0.104. The Morgan fingerprint density at radius 1 is 0.950 bits per heavy atom. The van der Waals surface area contributed by atoms with Crippen molar-refractivity contribution >= 4 is 22.8 Å². The van der Waals surface area contributed by atoms with Crippen LogP contribution in [0.1, 0.15) is 79.0 Å². The van der Waals surface area contributed by atoms with Crippen LogP contribution in [-0.2, 0) is 21.5 Å². The lowest BCUT2D eigenvalue weighted by Crippen LogP contribution is -2.26. The second-order valence-corrected chi connectivity index (χ2v) is 11.5. The molecule has 1 heterocycles. The molecule has 1 aromatic heterocycles. The smallest absolute Gasteiger partial charge is 0.346 e. The molecule has 6 nitrogen and oxygen atoms in total. The van der Waals surface area contributed by atoms with Crippen LogP contribution in [0.3, 0.4) is 0 Å². The molecule has 0 spiro atoms. The molecule has 0 radical (unpaired) electrons. The van der Waals surface area contributed by atoms with Crippen molar-refractivity contribution < 1.29 is 19.1 Å². The Hall–Kier alpha value is -4.06. The van der Waals surface area contributed by atoms with E-state index in [1.165, 1.54) is 12.7 Å². The van der Waals surface area contributed by atoms with Crippen LogP contribution in [0.15, 0.2) is 66.7 Å². The number of rotatable bonds is 8. The number of ether oxygens (including phenoxy) is 2. The normalized spacial score (nSPS) is 13.1. The number of carbonyl (C=O) groups excluding carboxylic acids is 2. The van der Waals surface area contributed by atoms with Gasteiger partial charge in [-0.05, 0) is 85.7 Å². The van der Waals surface area contributed by atoms with Crippen LogP contribution >= 0.6 is 0 Å². The molecule has 0 bridgehead atoms. The summed E-state index contributed by atoms with van der Waals surface area (Å²) in [6.07, 6.45) is -0.688. The van der Waals surface area contributed by atoms with Gasteiger partial charge in [0, 0.05) is 28.7 Å². The first kappa shape index (κ1) is 28.9. The number of benzene rings is 3. The van der Waals surface area contributed by atoms with E-state index in [9.17, 15) is 9.59 Å². The van der Waals surface area contributed by atoms with Gasteiger partial charge in [-0.3, -0.25) is 4.79 Å². The molecule has 0 aliphatic heterocycles. The van der Waals surface area contributed by atoms with Gasteiger partial charge in [-0.2, -0.15) is 0 Å². The molecule has 1 N–H and O–H groups in total. The second kappa shape index (κ2) is 11.6. The lowest BCUT2D eigenvalue weighted by atomic mass is 9.86. The summed E-state index contributed by atoms with van der Waals surface area (Å²) >= 11 is 0. The number of esters is 1. The fourth-order valence-electron chi connectivity index (χ4n) is 4.95. The number of carbonyl (C=O) groups is 2. The van der Waals surface area contributed by atoms with Crippen molar-refractivity contribution in [2.45, 2.75) is 72.6 Å². The van der Waals surface area contributed by atoms with Gasteiger partial charge in [0.15, 0.2) is 6.10 Å². The van der Waals surface area contributed by atoms with Crippen molar-refractivity contribution in [3.05, 3.63) is 100 Å². The molecule has 6 heteroatoms. The minimum absolute atomic E-state index is 0.0898. The third-order valence-corrected chi connectivity index (χ3v) is 7.61. The van der Waals surface area contributed by atoms with E-state index in [4.69, 9.17) is 9.47 Å². The highest BCUT2D eigenvalue weighted by molar-refractivity contribution is 5.99. The number of methoxy groups -OCH3 is 1. The van der Waals surface area contributed by atoms with E-state index in [0.717, 1.165) is 33.3 Å². The molecule has 2 atom stereocenters. The van der Waals surface area contributed by atoms with E-state index in [1.54, 1.807) is 6.92 Å². The van der Waals surface area contributed by atoms with Gasteiger partial charge >= 0.3 is 5.97 Å². The lowest BCUT2D eigenvalue weighted by molar-refractivity contribution is -0.147. The van der Waals surface area contributed by atoms with Gasteiger partial charge in [-0.15, -0.1) is 0 Å². The number of nitrogens with zero attached hydrogens (tertiary/aromatic N) is 1. The third kappa shape index (κ3) is 6.22. The topological polar surface area (TPSA) is 69.6 Å². The maximum atomic E-state index is 13.2. The predicted molar refractivity (Wildman–Crippen MR) is 160 cm³/mol. The van der Waals surface area contributed by atoms with Crippen LogP contribution < -0.4 is 10.1 Å². The summed E-state index contributed by atoms with van der Waals surface area (Å²) in [5, 5.41) is 4.21. The Balaban J connectivity index is 1.53. The maximum absolute atomic E-state index is 13.2. The summed E-state index contributed by atoms with van der Waals surface area (Å²) < 4.78 is 12.8. The Labute approximate surface area is 237 Å². The lowest BCUT2D eigenvalue weighted by Gasteiger charge is -2.21. The molecule has 0 saturated heterocycles. The van der Waals surface area contributed by atoms with Crippen molar-refractivity contribution in [3.63, 3.8) is 0 Å². The van der Waals surface area contributed by atoms with Crippen LogP contribution in [0.2, 0.25) is 0 Å². The van der Waals surface area contributed by atoms with E-state index in [1.807, 2.05) is 49.4 Å². The Kier molecular flexibility index (Phi) is 8.38. The number of hydrogen-bond donors (Lipinski definition) is 1. The van der Waals surface area contributed by atoms with Crippen molar-refractivity contribution in [1.82, 2.24) is 9.88 Å². The highest BCUT2D eigenvalue weighted by atomic mass is 16.6. The zero-order valence-corrected chi connectivity index (χ0v) is 24.8. The van der Waals surface area contributed by atoms with Gasteiger partial charge in [-0.25, -0.2) is 4.79 Å². The standard InChI is InChI=1S/C34H40N2O4/c1-21-23(3)36(20-25-10-9-11-29(18-25)40-24(4)33(38)39-8)31-17-14-27(19-30(21)31)32(37)35-22(2)26-12-15-28(16-13-26)34(5,6)7/h9-19,22,24H,20H2,1-8H3,(H,35,37)/t22-,24-/m0/s1. The number of nitrogens with one attached hydrogen (secondary N) is 1. The summed E-state index contributed by atoms with van der Waals surface area (Å²) in [4.78, 5) is 25.0. The van der Waals surface area contributed by atoms with E-state index in [-0.39, 0.29) is 17.4 Å². The number of fused-ring (bicyclic) bond motifs is 1. The average molecular weight is 541 g/mol. The van der Waals surface area contributed by atoms with Crippen LogP contribution in [0.4, 0.5) is 0 Å². The predicted octanol–water partition coefficient (Wildman–Crippen LogP) is 7.04. The highest BCUT2D eigenvalue weighted by Gasteiger charge is 2.19. The summed E-state index contributed by atoms with van der Waals surface area (Å²) in [6, 6.07) is 22.0. The Morgan fingerprint density at radius 2 is 1.65 bits per heavy atom. The fourth-order valence-corrected chi connectivity index (χ4v) is 4.95. The minimum atomic E-state index is -0.688. The van der Waals surface area contributed by atoms with E-state index >= 15 is 0 Å². The van der Waals surface area contributed by atoms with Crippen LogP contribution in [-0.4, -0.2) is 29.7 Å². The quantitative estimate of drug-likeness (QED) is 0.244. The van der Waals surface area contributed by atoms with Gasteiger partial charge in [0.25, 0.3) is 5.91 Å². The molecule has 210 valence electrons. The molecule has 0 fully saturated rings. The number of aryl methyl sites for hydroxylation is 1. The van der Waals surface area contributed by atoms with E-state index < -0.39 is 12.1 Å². The van der Waals surface area contributed by atoms with Crippen LogP contribution in [0.25, 0.3) is 10.9 Å². The van der Waals surface area contributed by atoms with E-state index in [0.29, 0.717) is 17.9 Å². The largest absolute Gasteiger partial charge is 0.479 e. The molecule has 0 aliphatic rings. The second-order valence-electron chi connectivity index (χ2n) is 11.5. The zero-order chi connectivity index (χ0) is 29.2. The third-order valence-electron chi connectivity index (χ3n) is 7.61. The molecule has 40 heavy (non-hydrogen) atoms. The SMILES string of the molecule is COC(=O)[C@H](C)Oc1cccc(Cn2c(C)c(C)c3cc(C(=O)N[C@@H](C)c4ccc(C(C)(C)C)cc4)ccc32)c1. The minimum Gasteiger partial charge on any atom is -0.479 e. The van der Waals surface area contributed by atoms with Crippen molar-refractivity contribution in [2.75, 3.05) is 7.11 Å². The molecule has 0 unspecified atom stereocenters. The molecule has 4 rings (SSSR count). The summed E-state index contributed by atoms with van der Waals surface area (Å²) in [7, 11) is 1.35. The van der Waals surface area contributed by atoms with Crippen molar-refractivity contribution in [3.8, 4) is 5.75 Å². The highest BCUT2D eigenvalue weighted by Crippen LogP contribution is 2.29. The van der Waals surface area contributed by atoms with Crippen molar-refractivity contribution in [1.29, 1.82) is 0 Å². The molecule has 4 aromatic rings. The maximum Gasteiger partial charge on any atom is 0.346 e. The number of amides is 1. The average Bonchev–Trinajstić information content (AvgIpc) is 3.16. The monoisotopic (exact) mass is 540 g/mol. The van der Waals surface area contributed by atoms with Crippen LogP contribution in [0, 0.1) is 13.8 Å². The van der Waals surface area contributed by atoms with Gasteiger partial charge in [0.2, 0.25) is 0 Å². The number of hydrogen-bond acceptors (Lipinski definition) is 4. The Bertz CT molecular complexity index is 1530. The van der Waals surface area contributed by atoms with Gasteiger partial charge in [0.1, 0.15) is 5.75 Å². The van der Waals surface area contributed by atoms with Crippen molar-refractivity contribution in [2.24, 2.45) is 0 Å². The molecular weight excluding hydrogens is 500 g/mol. The first-order valence-corrected chi connectivity index (χ1v) is 13.7. The molecule has 1 amide bonds. The van der Waals surface area contributed by atoms with E-state index in [2.05, 4.69) is 68.8 Å². The summed E-state index contributed by atoms with van der Waals surface area (Å²) in [5.41, 5.74) is 7.45. The molecule has 3 aromatic carbocycles. The number of aromatic nitrogens is 1. The first-order chi connectivity index (χ1) is 18.9. The van der Waals surface area contributed by atoms with Gasteiger partial charge in [0.05, 0.1) is 13.2 Å². The Morgan fingerprint density at radius 3 is 2.30 bits per heavy atom.